The molecular weight excluding hydrogens is 328 g/mol. The highest BCUT2D eigenvalue weighted by Gasteiger charge is 2.35. The fraction of sp³-hybridized carbons (Fsp3) is 0.450. The van der Waals surface area contributed by atoms with E-state index in [1.807, 2.05) is 44.4 Å². The Hall–Kier alpha value is -2.63. The molecule has 0 saturated carbocycles. The van der Waals surface area contributed by atoms with Crippen molar-refractivity contribution in [3.8, 4) is 0 Å². The Morgan fingerprint density at radius 1 is 1.31 bits per heavy atom. The maximum atomic E-state index is 12.5. The van der Waals surface area contributed by atoms with Gasteiger partial charge in [0.1, 0.15) is 0 Å². The Bertz CT molecular complexity index is 808. The van der Waals surface area contributed by atoms with Gasteiger partial charge in [-0.3, -0.25) is 14.3 Å². The number of nitrogens with one attached hydrogen (secondary N) is 1. The number of nitrogens with zero attached hydrogens (tertiary/aromatic N) is 3. The summed E-state index contributed by atoms with van der Waals surface area (Å²) in [4.78, 5) is 26.6. The molecule has 1 N–H and O–H groups in total. The second-order valence-corrected chi connectivity index (χ2v) is 7.28. The minimum atomic E-state index is -0.316. The predicted octanol–water partition coefficient (Wildman–Crippen LogP) is 2.52. The van der Waals surface area contributed by atoms with Crippen molar-refractivity contribution >= 4 is 17.5 Å². The summed E-state index contributed by atoms with van der Waals surface area (Å²) in [6, 6.07) is 8.02. The topological polar surface area (TPSA) is 67.2 Å². The van der Waals surface area contributed by atoms with E-state index in [-0.39, 0.29) is 24.2 Å². The van der Waals surface area contributed by atoms with Crippen molar-refractivity contribution in [2.75, 3.05) is 11.4 Å². The van der Waals surface area contributed by atoms with E-state index < -0.39 is 0 Å². The van der Waals surface area contributed by atoms with Gasteiger partial charge in [0.2, 0.25) is 11.8 Å². The number of aromatic nitrogens is 2. The maximum absolute atomic E-state index is 12.5. The Balaban J connectivity index is 1.61. The van der Waals surface area contributed by atoms with Gasteiger partial charge in [-0.25, -0.2) is 0 Å². The molecule has 1 aliphatic rings. The number of hydrogen-bond acceptors (Lipinski definition) is 3. The third kappa shape index (κ3) is 3.79. The van der Waals surface area contributed by atoms with Crippen LogP contribution in [0.2, 0.25) is 0 Å². The van der Waals surface area contributed by atoms with Gasteiger partial charge in [-0.2, -0.15) is 5.10 Å². The summed E-state index contributed by atoms with van der Waals surface area (Å²) < 4.78 is 1.73. The Morgan fingerprint density at radius 2 is 2.00 bits per heavy atom. The van der Waals surface area contributed by atoms with Crippen molar-refractivity contribution in [3.63, 3.8) is 0 Å². The molecule has 0 spiro atoms. The van der Waals surface area contributed by atoms with Crippen LogP contribution in [-0.2, 0) is 23.2 Å². The summed E-state index contributed by atoms with van der Waals surface area (Å²) in [5.74, 6) is 0.0555. The maximum Gasteiger partial charge on any atom is 0.227 e. The molecule has 1 fully saturated rings. The van der Waals surface area contributed by atoms with Crippen molar-refractivity contribution in [3.05, 3.63) is 47.3 Å². The molecule has 26 heavy (non-hydrogen) atoms. The monoisotopic (exact) mass is 354 g/mol. The summed E-state index contributed by atoms with van der Waals surface area (Å²) in [5.41, 5.74) is 3.99. The molecule has 1 atom stereocenters. The zero-order chi connectivity index (χ0) is 18.8. The van der Waals surface area contributed by atoms with Gasteiger partial charge in [0.15, 0.2) is 0 Å². The van der Waals surface area contributed by atoms with Gasteiger partial charge in [-0.15, -0.1) is 0 Å². The fourth-order valence-electron chi connectivity index (χ4n) is 3.32. The number of aryl methyl sites for hydroxylation is 2. The molecular formula is C20H26N4O2. The molecule has 1 saturated heterocycles. The minimum Gasteiger partial charge on any atom is -0.352 e. The Morgan fingerprint density at radius 3 is 2.58 bits per heavy atom. The summed E-state index contributed by atoms with van der Waals surface area (Å²) in [6.45, 7) is 7.06. The molecule has 1 unspecified atom stereocenters. The van der Waals surface area contributed by atoms with Crippen molar-refractivity contribution in [2.45, 2.75) is 39.7 Å². The summed E-state index contributed by atoms with van der Waals surface area (Å²) in [6.07, 6.45) is 2.15. The molecule has 0 bridgehead atoms. The number of anilines is 1. The number of rotatable bonds is 5. The molecule has 3 rings (SSSR count). The van der Waals surface area contributed by atoms with Crippen LogP contribution in [0, 0.1) is 12.8 Å². The van der Waals surface area contributed by atoms with Crippen molar-refractivity contribution in [2.24, 2.45) is 13.0 Å². The second-order valence-electron chi connectivity index (χ2n) is 7.28. The highest BCUT2D eigenvalue weighted by molar-refractivity contribution is 6.00. The molecule has 1 aromatic carbocycles. The van der Waals surface area contributed by atoms with E-state index in [0.29, 0.717) is 19.0 Å². The minimum absolute atomic E-state index is 0.00000488. The van der Waals surface area contributed by atoms with E-state index in [9.17, 15) is 9.59 Å². The first-order valence-corrected chi connectivity index (χ1v) is 9.02. The van der Waals surface area contributed by atoms with Gasteiger partial charge in [0, 0.05) is 44.0 Å². The van der Waals surface area contributed by atoms with Crippen LogP contribution in [0.3, 0.4) is 0 Å². The average Bonchev–Trinajstić information content (AvgIpc) is 3.14. The normalized spacial score (nSPS) is 17.2. The van der Waals surface area contributed by atoms with E-state index in [4.69, 9.17) is 0 Å². The van der Waals surface area contributed by atoms with Gasteiger partial charge in [-0.05, 0) is 30.5 Å². The van der Waals surface area contributed by atoms with E-state index >= 15 is 0 Å². The fourth-order valence-corrected chi connectivity index (χ4v) is 3.32. The van der Waals surface area contributed by atoms with Crippen molar-refractivity contribution < 1.29 is 9.59 Å². The lowest BCUT2D eigenvalue weighted by molar-refractivity contribution is -0.126. The standard InChI is InChI=1S/C20H26N4O2/c1-13(2)15-5-7-18(8-6-15)24-12-16(9-19(24)25)20(26)21-10-17-11-23(4)22-14(17)3/h5-8,11,13,16H,9-10,12H2,1-4H3,(H,21,26). The highest BCUT2D eigenvalue weighted by Crippen LogP contribution is 2.27. The number of benzene rings is 1. The average molecular weight is 354 g/mol. The second kappa shape index (κ2) is 7.32. The SMILES string of the molecule is Cc1nn(C)cc1CNC(=O)C1CC(=O)N(c2ccc(C(C)C)cc2)C1. The van der Waals surface area contributed by atoms with Gasteiger partial charge in [0.25, 0.3) is 0 Å². The molecule has 0 aliphatic carbocycles. The van der Waals surface area contributed by atoms with Crippen LogP contribution in [-0.4, -0.2) is 28.1 Å². The largest absolute Gasteiger partial charge is 0.352 e. The van der Waals surface area contributed by atoms with Gasteiger partial charge < -0.3 is 10.2 Å². The number of hydrogen-bond donors (Lipinski definition) is 1. The molecule has 0 radical (unpaired) electrons. The first kappa shape index (κ1) is 18.2. The first-order chi connectivity index (χ1) is 12.3. The molecule has 2 amide bonds. The molecule has 2 aromatic rings. The third-order valence-electron chi connectivity index (χ3n) is 4.94. The molecule has 138 valence electrons. The number of amides is 2. The first-order valence-electron chi connectivity index (χ1n) is 9.02. The molecule has 1 aromatic heterocycles. The molecule has 1 aliphatic heterocycles. The van der Waals surface area contributed by atoms with Crippen LogP contribution < -0.4 is 10.2 Å². The van der Waals surface area contributed by atoms with E-state index in [0.717, 1.165) is 16.9 Å². The summed E-state index contributed by atoms with van der Waals surface area (Å²) >= 11 is 0. The Kier molecular flexibility index (Phi) is 5.11. The quantitative estimate of drug-likeness (QED) is 0.897. The van der Waals surface area contributed by atoms with Crippen LogP contribution in [0.25, 0.3) is 0 Å². The lowest BCUT2D eigenvalue weighted by atomic mass is 10.0. The summed E-state index contributed by atoms with van der Waals surface area (Å²) in [7, 11) is 1.86. The van der Waals surface area contributed by atoms with Gasteiger partial charge in [-0.1, -0.05) is 26.0 Å². The molecule has 2 heterocycles. The van der Waals surface area contributed by atoms with Crippen molar-refractivity contribution in [1.29, 1.82) is 0 Å². The zero-order valence-electron chi connectivity index (χ0n) is 15.8. The van der Waals surface area contributed by atoms with E-state index in [1.54, 1.807) is 9.58 Å². The number of carbonyl (C=O) groups is 2. The lowest BCUT2D eigenvalue weighted by Gasteiger charge is -2.17. The van der Waals surface area contributed by atoms with Crippen LogP contribution >= 0.6 is 0 Å². The van der Waals surface area contributed by atoms with E-state index in [1.165, 1.54) is 5.56 Å². The third-order valence-corrected chi connectivity index (χ3v) is 4.94. The smallest absolute Gasteiger partial charge is 0.227 e. The zero-order valence-corrected chi connectivity index (χ0v) is 15.8. The number of carbonyl (C=O) groups excluding carboxylic acids is 2. The Labute approximate surface area is 154 Å². The van der Waals surface area contributed by atoms with Gasteiger partial charge >= 0.3 is 0 Å². The van der Waals surface area contributed by atoms with Crippen molar-refractivity contribution in [1.82, 2.24) is 15.1 Å². The van der Waals surface area contributed by atoms with Crippen LogP contribution in [0.4, 0.5) is 5.69 Å². The molecule has 6 heteroatoms. The lowest BCUT2D eigenvalue weighted by Crippen LogP contribution is -2.32. The highest BCUT2D eigenvalue weighted by atomic mass is 16.2. The molecule has 6 nitrogen and oxygen atoms in total. The van der Waals surface area contributed by atoms with Gasteiger partial charge in [0.05, 0.1) is 11.6 Å². The van der Waals surface area contributed by atoms with E-state index in [2.05, 4.69) is 24.3 Å². The predicted molar refractivity (Wildman–Crippen MR) is 101 cm³/mol. The summed E-state index contributed by atoms with van der Waals surface area (Å²) in [5, 5.41) is 7.21. The van der Waals surface area contributed by atoms with Crippen LogP contribution in [0.5, 0.6) is 0 Å². The van der Waals surface area contributed by atoms with Crippen LogP contribution in [0.15, 0.2) is 30.5 Å². The van der Waals surface area contributed by atoms with Crippen LogP contribution in [0.1, 0.15) is 43.0 Å².